The fourth-order valence-corrected chi connectivity index (χ4v) is 12.2. The van der Waals surface area contributed by atoms with E-state index in [-0.39, 0.29) is 84.1 Å². The number of hydrogen-bond donors (Lipinski definition) is 3. The van der Waals surface area contributed by atoms with Crippen LogP contribution in [0.3, 0.4) is 0 Å². The summed E-state index contributed by atoms with van der Waals surface area (Å²) < 4.78 is 165. The van der Waals surface area contributed by atoms with Crippen molar-refractivity contribution in [3.05, 3.63) is 264 Å². The number of nitrogens with one attached hydrogen (secondary N) is 3. The number of carbonyl (C=O) groups is 6. The number of nitriles is 4. The maximum absolute atomic E-state index is 14.0. The molecule has 0 fully saturated rings. The van der Waals surface area contributed by atoms with Crippen LogP contribution in [-0.4, -0.2) is 130 Å². The Morgan fingerprint density at radius 2 is 0.898 bits per heavy atom. The molecule has 14 rings (SSSR count). The topological polar surface area (TPSA) is 375 Å². The molecular formula is C77H51Br5F10N14O12. The van der Waals surface area contributed by atoms with Gasteiger partial charge in [0.1, 0.15) is 102 Å². The van der Waals surface area contributed by atoms with Crippen LogP contribution in [0.25, 0.3) is 54.5 Å². The number of carbonyl (C=O) groups excluding carboxylic acids is 6. The highest BCUT2D eigenvalue weighted by Crippen LogP contribution is 2.32. The van der Waals surface area contributed by atoms with Gasteiger partial charge in [0.15, 0.2) is 30.5 Å². The van der Waals surface area contributed by atoms with E-state index in [0.29, 0.717) is 75.3 Å². The average molecular weight is 1950 g/mol. The first kappa shape index (κ1) is 93.7. The summed E-state index contributed by atoms with van der Waals surface area (Å²) in [6.07, 6.45) is 3.56. The van der Waals surface area contributed by atoms with Crippen molar-refractivity contribution >= 4 is 171 Å². The van der Waals surface area contributed by atoms with Gasteiger partial charge >= 0.3 is 17.9 Å². The van der Waals surface area contributed by atoms with Gasteiger partial charge in [-0.05, 0) is 171 Å². The number of halogens is 15. The number of benzene rings is 9. The highest BCUT2D eigenvalue weighted by molar-refractivity contribution is 9.11. The average Bonchev–Trinajstić information content (AvgIpc) is 1.61. The molecular weight excluding hydrogens is 1900 g/mol. The van der Waals surface area contributed by atoms with Crippen LogP contribution >= 0.6 is 79.6 Å². The Labute approximate surface area is 701 Å². The lowest BCUT2D eigenvalue weighted by molar-refractivity contribution is 0.0586. The number of aryl methyl sites for hydroxylation is 2. The molecule has 41 heteroatoms. The van der Waals surface area contributed by atoms with E-state index in [2.05, 4.69) is 135 Å². The summed E-state index contributed by atoms with van der Waals surface area (Å²) in [4.78, 5) is 64.3. The number of fused-ring (bicyclic) bond motifs is 5. The van der Waals surface area contributed by atoms with Gasteiger partial charge in [0.05, 0.1) is 169 Å². The molecule has 5 aromatic heterocycles. The second-order valence-corrected chi connectivity index (χ2v) is 26.3. The number of aldehydes is 3. The van der Waals surface area contributed by atoms with E-state index in [1.165, 1.54) is 120 Å². The molecule has 0 atom stereocenters. The predicted molar refractivity (Wildman–Crippen MR) is 422 cm³/mol. The van der Waals surface area contributed by atoms with Gasteiger partial charge in [-0.25, -0.2) is 58.3 Å². The van der Waals surface area contributed by atoms with Gasteiger partial charge in [0, 0.05) is 43.7 Å². The minimum atomic E-state index is -1.10. The van der Waals surface area contributed by atoms with E-state index in [0.717, 1.165) is 40.2 Å². The molecule has 5 heterocycles. The minimum absolute atomic E-state index is 0.0164. The zero-order valence-corrected chi connectivity index (χ0v) is 69.3. The van der Waals surface area contributed by atoms with Gasteiger partial charge in [-0.3, -0.25) is 39.0 Å². The highest BCUT2D eigenvalue weighted by Gasteiger charge is 2.22. The summed E-state index contributed by atoms with van der Waals surface area (Å²) in [6.45, 7) is 0. The third-order valence-corrected chi connectivity index (χ3v) is 18.4. The molecule has 0 aliphatic rings. The second kappa shape index (κ2) is 44.1. The van der Waals surface area contributed by atoms with E-state index in [1.807, 2.05) is 0 Å². The van der Waals surface area contributed by atoms with Crippen molar-refractivity contribution in [3.8, 4) is 41.5 Å². The number of nitrogens with zero attached hydrogens (tertiary/aromatic N) is 11. The highest BCUT2D eigenvalue weighted by atomic mass is 79.9. The Kier molecular flexibility index (Phi) is 35.0. The van der Waals surface area contributed by atoms with Crippen LogP contribution in [0.5, 0.6) is 17.2 Å². The monoisotopic (exact) mass is 1950 g/mol. The molecule has 0 aliphatic heterocycles. The SMILES string of the molecule is COC(=O)c1ccc2[nH]ncc2c1F.COC(=O)c1ccc2c(c(Br)nn2C)c1F.COC(=O)c1ccc2n[nH]c(Br)c2c1F.COc1cc(F)c(C=O)cc1Br.COc1cc(F)c(C=O)cc1C#N.COc1cc(F)ccc1Br.Cn1nc(Br)c2cc(C#N)c(F)cc21.N#Cc1ccc(F)c(C=O)c1F.N#Cc1ccc2[nH]ncc2c1F. The van der Waals surface area contributed by atoms with Crippen molar-refractivity contribution < 1.29 is 101 Å². The number of methoxy groups -OCH3 is 6. The Morgan fingerprint density at radius 1 is 0.424 bits per heavy atom. The largest absolute Gasteiger partial charge is 0.495 e. The standard InChI is InChI=1S/C10H8BrFN2O2.C9H5BrFN3.C9H6BrFN2O2.C9H7FN2O2.C9H6FNO2.C8H6BrFO2.C8H3F2NO.C8H4FN3.C7H6BrFO/c1-14-6-4-3-5(10(15)16-2)8(12)7(6)9(11)13-14;1-14-8-3-7(11)5(4-12)2-6(8)9(10)13-14;1-15-9(14)4-2-3-5-6(7(4)11)8(10)13-12-5;1-14-9(13)5-2-3-7-6(8(5)10)4-11-12-7;1-13-9-3-8(10)7(5-12)2-6(9)4-11;1-12-8-3-7(10)5(4-11)2-6(8)9;9-7-2-1-5(3-11)8(10)6(7)4-12;9-8-5(3-10)1-2-7-6(8)4-11-12-7;1-10-7-4-5(9)2-3-6(7)8/h3-4H,1-2H3;2-3H,1H3;2-3H,1H3,(H,12,13);2-4H,1H3,(H,11,12);2-3,5H,1H3;2-4H,1H3;1-2,4H;1-2,4H,(H,11,12);2-4H,1H3. The maximum Gasteiger partial charge on any atom is 0.340 e. The number of aromatic nitrogens is 10. The van der Waals surface area contributed by atoms with Crippen LogP contribution in [0.15, 0.2) is 150 Å². The van der Waals surface area contributed by atoms with Crippen molar-refractivity contribution in [2.24, 2.45) is 14.1 Å². The Bertz CT molecular complexity index is 6300. The third kappa shape index (κ3) is 22.9. The van der Waals surface area contributed by atoms with Crippen LogP contribution in [0.1, 0.15) is 84.4 Å². The third-order valence-electron chi connectivity index (χ3n) is 15.4. The summed E-state index contributed by atoms with van der Waals surface area (Å²) in [5, 5.41) is 63.0. The zero-order chi connectivity index (χ0) is 87.5. The summed E-state index contributed by atoms with van der Waals surface area (Å²) in [6, 6.07) is 32.4. The van der Waals surface area contributed by atoms with Crippen LogP contribution < -0.4 is 14.2 Å². The van der Waals surface area contributed by atoms with E-state index in [9.17, 15) is 72.7 Å². The van der Waals surface area contributed by atoms with E-state index >= 15 is 0 Å². The maximum atomic E-state index is 14.0. The van der Waals surface area contributed by atoms with Crippen LogP contribution in [0.2, 0.25) is 0 Å². The quantitative estimate of drug-likeness (QED) is 0.0523. The molecule has 0 bridgehead atoms. The number of rotatable bonds is 9. The lowest BCUT2D eigenvalue weighted by Gasteiger charge is -2.03. The molecule has 14 aromatic rings. The second-order valence-electron chi connectivity index (χ2n) is 22.3. The lowest BCUT2D eigenvalue weighted by Crippen LogP contribution is -2.04. The molecule has 3 N–H and O–H groups in total. The van der Waals surface area contributed by atoms with Crippen LogP contribution in [0, 0.1) is 103 Å². The van der Waals surface area contributed by atoms with Gasteiger partial charge in [-0.15, -0.1) is 0 Å². The summed E-state index contributed by atoms with van der Waals surface area (Å²) >= 11 is 15.8. The molecule has 0 spiro atoms. The first-order valence-corrected chi connectivity index (χ1v) is 36.0. The molecule has 26 nitrogen and oxygen atoms in total. The fraction of sp³-hybridized carbons (Fsp3) is 0.104. The van der Waals surface area contributed by atoms with Crippen molar-refractivity contribution in [1.82, 2.24) is 50.2 Å². The van der Waals surface area contributed by atoms with Gasteiger partial charge in [0.25, 0.3) is 0 Å². The molecule has 0 amide bonds. The summed E-state index contributed by atoms with van der Waals surface area (Å²) in [5.41, 5.74) is 1.66. The normalized spacial score (nSPS) is 9.99. The van der Waals surface area contributed by atoms with Crippen molar-refractivity contribution in [3.63, 3.8) is 0 Å². The Balaban J connectivity index is 0.000000207. The Morgan fingerprint density at radius 3 is 1.43 bits per heavy atom. The van der Waals surface area contributed by atoms with Gasteiger partial charge in [-0.1, -0.05) is 0 Å². The first-order valence-electron chi connectivity index (χ1n) is 32.0. The Hall–Kier alpha value is -13.2. The summed E-state index contributed by atoms with van der Waals surface area (Å²) in [7, 11) is 11.3. The molecule has 0 radical (unpaired) electrons. The smallest absolute Gasteiger partial charge is 0.340 e. The van der Waals surface area contributed by atoms with Gasteiger partial charge in [-0.2, -0.15) is 46.5 Å². The molecule has 118 heavy (non-hydrogen) atoms. The predicted octanol–water partition coefficient (Wildman–Crippen LogP) is 18.1. The van der Waals surface area contributed by atoms with E-state index < -0.39 is 75.8 Å². The first-order chi connectivity index (χ1) is 56.2. The fourth-order valence-electron chi connectivity index (χ4n) is 9.58. The van der Waals surface area contributed by atoms with Crippen LogP contribution in [0.4, 0.5) is 43.9 Å². The minimum Gasteiger partial charge on any atom is -0.495 e. The molecule has 0 unspecified atom stereocenters. The van der Waals surface area contributed by atoms with Crippen molar-refractivity contribution in [1.29, 1.82) is 21.0 Å². The number of H-pyrrole nitrogens is 3. The van der Waals surface area contributed by atoms with E-state index in [1.54, 1.807) is 67.3 Å². The summed E-state index contributed by atoms with van der Waals surface area (Å²) in [5.74, 6) is -7.59. The lowest BCUT2D eigenvalue weighted by atomic mass is 10.1. The number of ether oxygens (including phenoxy) is 6. The van der Waals surface area contributed by atoms with Gasteiger partial charge < -0.3 is 28.4 Å². The molecule has 9 aromatic carbocycles. The molecule has 0 saturated heterocycles. The molecule has 0 aliphatic carbocycles. The number of esters is 3. The molecule has 606 valence electrons. The van der Waals surface area contributed by atoms with E-state index in [4.69, 9.17) is 35.3 Å². The van der Waals surface area contributed by atoms with Gasteiger partial charge in [0.2, 0.25) is 0 Å². The van der Waals surface area contributed by atoms with Crippen molar-refractivity contribution in [2.75, 3.05) is 42.7 Å². The number of hydrogen-bond acceptors (Lipinski definition) is 21. The van der Waals surface area contributed by atoms with Crippen LogP contribution in [-0.2, 0) is 28.3 Å². The zero-order valence-electron chi connectivity index (χ0n) is 61.3. The van der Waals surface area contributed by atoms with Crippen molar-refractivity contribution in [2.45, 2.75) is 0 Å². The number of aromatic amines is 3. The molecule has 0 saturated carbocycles.